The van der Waals surface area contributed by atoms with Crippen molar-refractivity contribution in [1.82, 2.24) is 0 Å². The van der Waals surface area contributed by atoms with E-state index in [0.717, 1.165) is 12.0 Å². The Morgan fingerprint density at radius 2 is 1.44 bits per heavy atom. The summed E-state index contributed by atoms with van der Waals surface area (Å²) in [6.45, 7) is 3.27. The van der Waals surface area contributed by atoms with Crippen molar-refractivity contribution in [3.8, 4) is 0 Å². The molecule has 1 atom stereocenters. The molecule has 0 bridgehead atoms. The molecule has 2 rings (SSSR count). The molecule has 2 nitrogen and oxygen atoms in total. The highest BCUT2D eigenvalue weighted by atomic mass is 32.2. The molecular formula is C17H14F5NOS. The molecule has 25 heavy (non-hydrogen) atoms. The van der Waals surface area contributed by atoms with Crippen LogP contribution in [0, 0.1) is 29.1 Å². The second-order valence-electron chi connectivity index (χ2n) is 5.20. The summed E-state index contributed by atoms with van der Waals surface area (Å²) < 4.78 is 66.7. The van der Waals surface area contributed by atoms with Crippen molar-refractivity contribution in [1.29, 1.82) is 0 Å². The molecule has 0 heterocycles. The van der Waals surface area contributed by atoms with E-state index >= 15 is 0 Å². The standard InChI is InChI=1S/C17H14F5NOS/c1-3-9-4-6-10(7-5-9)23-17(24)8(2)25-16-14(21)12(19)11(18)13(20)15(16)22/h4-8H,3H2,1-2H3,(H,23,24)/t8-/m1/s1. The van der Waals surface area contributed by atoms with Gasteiger partial charge in [-0.05, 0) is 31.0 Å². The Morgan fingerprint density at radius 1 is 0.960 bits per heavy atom. The summed E-state index contributed by atoms with van der Waals surface area (Å²) in [4.78, 5) is 11.0. The quantitative estimate of drug-likeness (QED) is 0.342. The molecule has 2 aromatic rings. The van der Waals surface area contributed by atoms with Gasteiger partial charge in [-0.1, -0.05) is 19.1 Å². The maximum atomic E-state index is 13.7. The van der Waals surface area contributed by atoms with Gasteiger partial charge in [-0.15, -0.1) is 11.8 Å². The van der Waals surface area contributed by atoms with E-state index in [1.807, 2.05) is 6.92 Å². The molecule has 0 radical (unpaired) electrons. The fraction of sp³-hybridized carbons (Fsp3) is 0.235. The average Bonchev–Trinajstić information content (AvgIpc) is 2.62. The minimum atomic E-state index is -2.23. The number of hydrogen-bond acceptors (Lipinski definition) is 2. The molecule has 0 saturated carbocycles. The van der Waals surface area contributed by atoms with Crippen molar-refractivity contribution in [2.45, 2.75) is 30.4 Å². The van der Waals surface area contributed by atoms with Crippen molar-refractivity contribution < 1.29 is 26.7 Å². The molecule has 8 heteroatoms. The number of halogens is 5. The van der Waals surface area contributed by atoms with Gasteiger partial charge in [0.1, 0.15) is 0 Å². The van der Waals surface area contributed by atoms with Crippen LogP contribution < -0.4 is 5.32 Å². The van der Waals surface area contributed by atoms with Crippen LogP contribution in [0.3, 0.4) is 0 Å². The van der Waals surface area contributed by atoms with E-state index in [2.05, 4.69) is 5.32 Å². The Labute approximate surface area is 145 Å². The second-order valence-corrected chi connectivity index (χ2v) is 6.55. The molecule has 0 aromatic heterocycles. The molecule has 1 N–H and O–H groups in total. The van der Waals surface area contributed by atoms with Crippen LogP contribution in [-0.4, -0.2) is 11.2 Å². The summed E-state index contributed by atoms with van der Waals surface area (Å²) in [6.07, 6.45) is 0.820. The summed E-state index contributed by atoms with van der Waals surface area (Å²) >= 11 is 0.260. The van der Waals surface area contributed by atoms with E-state index in [9.17, 15) is 26.7 Å². The first kappa shape index (κ1) is 19.2. The second kappa shape index (κ2) is 7.86. The third kappa shape index (κ3) is 4.12. The first-order valence-electron chi connectivity index (χ1n) is 7.34. The van der Waals surface area contributed by atoms with Gasteiger partial charge in [0.15, 0.2) is 23.3 Å². The van der Waals surface area contributed by atoms with Crippen molar-refractivity contribution in [2.24, 2.45) is 0 Å². The lowest BCUT2D eigenvalue weighted by molar-refractivity contribution is -0.115. The van der Waals surface area contributed by atoms with Gasteiger partial charge in [0, 0.05) is 5.69 Å². The molecule has 0 aliphatic heterocycles. The number of carbonyl (C=O) groups is 1. The maximum Gasteiger partial charge on any atom is 0.237 e. The predicted molar refractivity (Wildman–Crippen MR) is 86.0 cm³/mol. The molecular weight excluding hydrogens is 361 g/mol. The average molecular weight is 375 g/mol. The topological polar surface area (TPSA) is 29.1 Å². The largest absolute Gasteiger partial charge is 0.325 e. The van der Waals surface area contributed by atoms with Gasteiger partial charge in [-0.25, -0.2) is 22.0 Å². The zero-order valence-corrected chi connectivity index (χ0v) is 14.1. The van der Waals surface area contributed by atoms with Crippen LogP contribution in [0.25, 0.3) is 0 Å². The summed E-state index contributed by atoms with van der Waals surface area (Å²) in [6, 6.07) is 6.92. The monoisotopic (exact) mass is 375 g/mol. The minimum absolute atomic E-state index is 0.260. The van der Waals surface area contributed by atoms with Gasteiger partial charge >= 0.3 is 0 Å². The lowest BCUT2D eigenvalue weighted by atomic mass is 10.1. The number of rotatable bonds is 5. The Morgan fingerprint density at radius 3 is 1.92 bits per heavy atom. The van der Waals surface area contributed by atoms with Gasteiger partial charge in [-0.3, -0.25) is 4.79 Å². The zero-order valence-electron chi connectivity index (χ0n) is 13.3. The number of anilines is 1. The van der Waals surface area contributed by atoms with E-state index in [1.54, 1.807) is 24.3 Å². The van der Waals surface area contributed by atoms with E-state index in [4.69, 9.17) is 0 Å². The SMILES string of the molecule is CCc1ccc(NC(=O)[C@@H](C)Sc2c(F)c(F)c(F)c(F)c2F)cc1. The van der Waals surface area contributed by atoms with Gasteiger partial charge in [0.05, 0.1) is 10.1 Å². The van der Waals surface area contributed by atoms with E-state index in [1.165, 1.54) is 6.92 Å². The molecule has 0 saturated heterocycles. The highest BCUT2D eigenvalue weighted by molar-refractivity contribution is 8.00. The van der Waals surface area contributed by atoms with E-state index in [0.29, 0.717) is 5.69 Å². The minimum Gasteiger partial charge on any atom is -0.325 e. The molecule has 0 aliphatic rings. The maximum absolute atomic E-state index is 13.7. The van der Waals surface area contributed by atoms with E-state index < -0.39 is 45.1 Å². The molecule has 1 amide bonds. The van der Waals surface area contributed by atoms with Crippen LogP contribution in [0.4, 0.5) is 27.6 Å². The molecule has 0 aliphatic carbocycles. The third-order valence-corrected chi connectivity index (χ3v) is 4.62. The Hall–Kier alpha value is -2.09. The summed E-state index contributed by atoms with van der Waals surface area (Å²) in [5.41, 5.74) is 1.52. The van der Waals surface area contributed by atoms with Crippen LogP contribution in [0.2, 0.25) is 0 Å². The van der Waals surface area contributed by atoms with Crippen LogP contribution >= 0.6 is 11.8 Å². The molecule has 0 unspecified atom stereocenters. The highest BCUT2D eigenvalue weighted by Crippen LogP contribution is 2.33. The van der Waals surface area contributed by atoms with Crippen molar-refractivity contribution >= 4 is 23.4 Å². The molecule has 2 aromatic carbocycles. The van der Waals surface area contributed by atoms with Gasteiger partial charge in [0.25, 0.3) is 0 Å². The lowest BCUT2D eigenvalue weighted by Crippen LogP contribution is -2.23. The van der Waals surface area contributed by atoms with Gasteiger partial charge in [-0.2, -0.15) is 0 Å². The first-order valence-corrected chi connectivity index (χ1v) is 8.22. The first-order chi connectivity index (χ1) is 11.8. The number of carbonyl (C=O) groups excluding carboxylic acids is 1. The smallest absolute Gasteiger partial charge is 0.237 e. The zero-order chi connectivity index (χ0) is 18.7. The van der Waals surface area contributed by atoms with Crippen LogP contribution in [0.5, 0.6) is 0 Å². The van der Waals surface area contributed by atoms with Crippen LogP contribution in [0.1, 0.15) is 19.4 Å². The number of aryl methyl sites for hydroxylation is 1. The number of nitrogens with one attached hydrogen (secondary N) is 1. The van der Waals surface area contributed by atoms with E-state index in [-0.39, 0.29) is 11.8 Å². The number of amides is 1. The van der Waals surface area contributed by atoms with Gasteiger partial charge < -0.3 is 5.32 Å². The van der Waals surface area contributed by atoms with Gasteiger partial charge in [0.2, 0.25) is 11.7 Å². The third-order valence-electron chi connectivity index (χ3n) is 3.46. The molecule has 0 spiro atoms. The fourth-order valence-electron chi connectivity index (χ4n) is 1.99. The Balaban J connectivity index is 2.16. The number of benzene rings is 2. The molecule has 134 valence electrons. The summed E-state index contributed by atoms with van der Waals surface area (Å²) in [5, 5.41) is 1.44. The highest BCUT2D eigenvalue weighted by Gasteiger charge is 2.28. The predicted octanol–water partition coefficient (Wildman–Crippen LogP) is 5.06. The normalized spacial score (nSPS) is 12.1. The van der Waals surface area contributed by atoms with Crippen molar-refractivity contribution in [3.63, 3.8) is 0 Å². The lowest BCUT2D eigenvalue weighted by Gasteiger charge is -2.14. The van der Waals surface area contributed by atoms with Crippen molar-refractivity contribution in [3.05, 3.63) is 58.9 Å². The van der Waals surface area contributed by atoms with Crippen LogP contribution in [-0.2, 0) is 11.2 Å². The van der Waals surface area contributed by atoms with Crippen LogP contribution in [0.15, 0.2) is 29.2 Å². The van der Waals surface area contributed by atoms with Crippen molar-refractivity contribution in [2.75, 3.05) is 5.32 Å². The number of thioether (sulfide) groups is 1. The fourth-order valence-corrected chi connectivity index (χ4v) is 2.89. The molecule has 0 fully saturated rings. The summed E-state index contributed by atoms with van der Waals surface area (Å²) in [5.74, 6) is -10.8. The Bertz CT molecular complexity index is 766. The number of hydrogen-bond donors (Lipinski definition) is 1. The Kier molecular flexibility index (Phi) is 6.05. The summed E-state index contributed by atoms with van der Waals surface area (Å²) in [7, 11) is 0.